The average Bonchev–Trinajstić information content (AvgIpc) is 2.13. The molecule has 0 fully saturated rings. The van der Waals surface area contributed by atoms with Crippen LogP contribution in [0.4, 0.5) is 0 Å². The summed E-state index contributed by atoms with van der Waals surface area (Å²) >= 11 is 0. The topological polar surface area (TPSA) is 12.0 Å². The van der Waals surface area contributed by atoms with Crippen LogP contribution in [0.5, 0.6) is 0 Å². The Kier molecular flexibility index (Phi) is 9.49. The van der Waals surface area contributed by atoms with E-state index in [-0.39, 0.29) is 0 Å². The Balaban J connectivity index is 3.30. The standard InChI is InChI=1S/C13H29N/c1-5-7-8-9-11-13(4)14-12(3)10-6-2/h12-14H,5-11H2,1-4H3. The molecule has 0 heterocycles. The number of hydrogen-bond acceptors (Lipinski definition) is 1. The quantitative estimate of drug-likeness (QED) is 0.551. The van der Waals surface area contributed by atoms with Crippen molar-refractivity contribution < 1.29 is 0 Å². The molecule has 86 valence electrons. The average molecular weight is 199 g/mol. The van der Waals surface area contributed by atoms with E-state index in [1.165, 1.54) is 44.9 Å². The van der Waals surface area contributed by atoms with Gasteiger partial charge in [-0.05, 0) is 26.7 Å². The molecule has 0 saturated carbocycles. The summed E-state index contributed by atoms with van der Waals surface area (Å²) in [6.45, 7) is 9.14. The number of hydrogen-bond donors (Lipinski definition) is 1. The molecule has 0 aromatic carbocycles. The monoisotopic (exact) mass is 199 g/mol. The van der Waals surface area contributed by atoms with Gasteiger partial charge in [-0.15, -0.1) is 0 Å². The smallest absolute Gasteiger partial charge is 0.00412 e. The van der Waals surface area contributed by atoms with E-state index in [2.05, 4.69) is 33.0 Å². The fourth-order valence-corrected chi connectivity index (χ4v) is 1.96. The van der Waals surface area contributed by atoms with Crippen molar-refractivity contribution in [2.45, 2.75) is 84.7 Å². The molecule has 2 atom stereocenters. The zero-order valence-corrected chi connectivity index (χ0v) is 10.6. The van der Waals surface area contributed by atoms with E-state index >= 15 is 0 Å². The number of unbranched alkanes of at least 4 members (excludes halogenated alkanes) is 3. The SMILES string of the molecule is CCCCCCC(C)NC(C)CCC. The van der Waals surface area contributed by atoms with Crippen LogP contribution >= 0.6 is 0 Å². The second-order valence-corrected chi connectivity index (χ2v) is 4.61. The van der Waals surface area contributed by atoms with Gasteiger partial charge in [-0.2, -0.15) is 0 Å². The summed E-state index contributed by atoms with van der Waals surface area (Å²) in [6, 6.07) is 1.40. The highest BCUT2D eigenvalue weighted by atomic mass is 14.9. The second kappa shape index (κ2) is 9.51. The van der Waals surface area contributed by atoms with Crippen LogP contribution in [0.25, 0.3) is 0 Å². The highest BCUT2D eigenvalue weighted by Gasteiger charge is 2.05. The van der Waals surface area contributed by atoms with Crippen LogP contribution in [0.2, 0.25) is 0 Å². The lowest BCUT2D eigenvalue weighted by atomic mass is 10.1. The minimum atomic E-state index is 0.696. The molecular weight excluding hydrogens is 170 g/mol. The minimum absolute atomic E-state index is 0.696. The molecule has 1 heteroatoms. The van der Waals surface area contributed by atoms with Gasteiger partial charge in [-0.25, -0.2) is 0 Å². The molecule has 2 unspecified atom stereocenters. The Bertz CT molecular complexity index is 112. The lowest BCUT2D eigenvalue weighted by Crippen LogP contribution is -2.34. The first-order valence-electron chi connectivity index (χ1n) is 6.46. The molecule has 1 nitrogen and oxygen atoms in total. The molecule has 0 spiro atoms. The second-order valence-electron chi connectivity index (χ2n) is 4.61. The van der Waals surface area contributed by atoms with Crippen LogP contribution in [0, 0.1) is 0 Å². The van der Waals surface area contributed by atoms with E-state index in [1.807, 2.05) is 0 Å². The first-order chi connectivity index (χ1) is 6.70. The minimum Gasteiger partial charge on any atom is -0.312 e. The number of rotatable bonds is 9. The van der Waals surface area contributed by atoms with Gasteiger partial charge in [0.15, 0.2) is 0 Å². The Morgan fingerprint density at radius 3 is 2.00 bits per heavy atom. The van der Waals surface area contributed by atoms with E-state index < -0.39 is 0 Å². The van der Waals surface area contributed by atoms with Crippen molar-refractivity contribution in [1.82, 2.24) is 5.32 Å². The molecule has 0 aromatic rings. The molecule has 0 aliphatic heterocycles. The molecule has 14 heavy (non-hydrogen) atoms. The lowest BCUT2D eigenvalue weighted by molar-refractivity contribution is 0.413. The van der Waals surface area contributed by atoms with Crippen molar-refractivity contribution in [3.63, 3.8) is 0 Å². The van der Waals surface area contributed by atoms with Gasteiger partial charge in [0.25, 0.3) is 0 Å². The van der Waals surface area contributed by atoms with Gasteiger partial charge in [0.05, 0.1) is 0 Å². The molecule has 0 aliphatic carbocycles. The van der Waals surface area contributed by atoms with Crippen LogP contribution < -0.4 is 5.32 Å². The molecule has 1 N–H and O–H groups in total. The third-order valence-corrected chi connectivity index (χ3v) is 2.78. The summed E-state index contributed by atoms with van der Waals surface area (Å²) in [5, 5.41) is 3.66. The molecular formula is C13H29N. The Hall–Kier alpha value is -0.0400. The van der Waals surface area contributed by atoms with Crippen molar-refractivity contribution in [3.8, 4) is 0 Å². The summed E-state index contributed by atoms with van der Waals surface area (Å²) in [4.78, 5) is 0. The Morgan fingerprint density at radius 1 is 0.786 bits per heavy atom. The largest absolute Gasteiger partial charge is 0.312 e. The zero-order valence-electron chi connectivity index (χ0n) is 10.6. The van der Waals surface area contributed by atoms with Gasteiger partial charge in [0.1, 0.15) is 0 Å². The van der Waals surface area contributed by atoms with Crippen molar-refractivity contribution >= 4 is 0 Å². The Labute approximate surface area is 90.7 Å². The molecule has 0 rings (SSSR count). The van der Waals surface area contributed by atoms with Crippen LogP contribution in [0.3, 0.4) is 0 Å². The highest BCUT2D eigenvalue weighted by molar-refractivity contribution is 4.66. The van der Waals surface area contributed by atoms with Gasteiger partial charge >= 0.3 is 0 Å². The molecule has 0 saturated heterocycles. The van der Waals surface area contributed by atoms with Crippen LogP contribution in [-0.2, 0) is 0 Å². The molecule has 0 aromatic heterocycles. The molecule has 0 amide bonds. The maximum absolute atomic E-state index is 3.66. The van der Waals surface area contributed by atoms with Crippen LogP contribution in [0.15, 0.2) is 0 Å². The van der Waals surface area contributed by atoms with E-state index in [1.54, 1.807) is 0 Å². The van der Waals surface area contributed by atoms with Crippen molar-refractivity contribution in [1.29, 1.82) is 0 Å². The first-order valence-corrected chi connectivity index (χ1v) is 6.46. The van der Waals surface area contributed by atoms with E-state index in [9.17, 15) is 0 Å². The summed E-state index contributed by atoms with van der Waals surface area (Å²) in [6.07, 6.45) is 9.47. The predicted octanol–water partition coefficient (Wildman–Crippen LogP) is 4.12. The summed E-state index contributed by atoms with van der Waals surface area (Å²) in [5.41, 5.74) is 0. The van der Waals surface area contributed by atoms with Gasteiger partial charge in [-0.1, -0.05) is 46.0 Å². The third kappa shape index (κ3) is 8.55. The summed E-state index contributed by atoms with van der Waals surface area (Å²) < 4.78 is 0. The fourth-order valence-electron chi connectivity index (χ4n) is 1.96. The first kappa shape index (κ1) is 14.0. The summed E-state index contributed by atoms with van der Waals surface area (Å²) in [7, 11) is 0. The molecule has 0 radical (unpaired) electrons. The van der Waals surface area contributed by atoms with Crippen molar-refractivity contribution in [2.75, 3.05) is 0 Å². The molecule has 0 bridgehead atoms. The summed E-state index contributed by atoms with van der Waals surface area (Å²) in [5.74, 6) is 0. The van der Waals surface area contributed by atoms with Gasteiger partial charge in [0.2, 0.25) is 0 Å². The van der Waals surface area contributed by atoms with Gasteiger partial charge < -0.3 is 5.32 Å². The van der Waals surface area contributed by atoms with Gasteiger partial charge in [-0.3, -0.25) is 0 Å². The fraction of sp³-hybridized carbons (Fsp3) is 1.00. The van der Waals surface area contributed by atoms with Crippen molar-refractivity contribution in [3.05, 3.63) is 0 Å². The van der Waals surface area contributed by atoms with Gasteiger partial charge in [0, 0.05) is 12.1 Å². The zero-order chi connectivity index (χ0) is 10.8. The molecule has 0 aliphatic rings. The lowest BCUT2D eigenvalue weighted by Gasteiger charge is -2.19. The van der Waals surface area contributed by atoms with E-state index in [0.717, 1.165) is 0 Å². The van der Waals surface area contributed by atoms with Crippen LogP contribution in [0.1, 0.15) is 72.6 Å². The van der Waals surface area contributed by atoms with E-state index in [4.69, 9.17) is 0 Å². The normalized spacial score (nSPS) is 15.4. The highest BCUT2D eigenvalue weighted by Crippen LogP contribution is 2.06. The van der Waals surface area contributed by atoms with E-state index in [0.29, 0.717) is 12.1 Å². The number of nitrogens with one attached hydrogen (secondary N) is 1. The van der Waals surface area contributed by atoms with Crippen LogP contribution in [-0.4, -0.2) is 12.1 Å². The maximum atomic E-state index is 3.66. The predicted molar refractivity (Wildman–Crippen MR) is 65.7 cm³/mol. The van der Waals surface area contributed by atoms with Crippen molar-refractivity contribution in [2.24, 2.45) is 0 Å². The third-order valence-electron chi connectivity index (χ3n) is 2.78. The Morgan fingerprint density at radius 2 is 1.43 bits per heavy atom. The maximum Gasteiger partial charge on any atom is 0.00412 e.